The van der Waals surface area contributed by atoms with Crippen molar-refractivity contribution < 1.29 is 31.6 Å². The van der Waals surface area contributed by atoms with Gasteiger partial charge in [0.05, 0.1) is 24.5 Å². The van der Waals surface area contributed by atoms with E-state index in [4.69, 9.17) is 16.4 Å². The first kappa shape index (κ1) is 24.2. The van der Waals surface area contributed by atoms with Gasteiger partial charge in [-0.05, 0) is 42.5 Å². The van der Waals surface area contributed by atoms with Gasteiger partial charge in [0, 0.05) is 34.7 Å². The smallest absolute Gasteiger partial charge is 0.334 e. The minimum Gasteiger partial charge on any atom is -0.334 e. The second-order valence-corrected chi connectivity index (χ2v) is 8.94. The Hall–Kier alpha value is -3.51. The van der Waals surface area contributed by atoms with E-state index < -0.39 is 28.8 Å². The number of nitrogens with zero attached hydrogens (tertiary/aromatic N) is 4. The van der Waals surface area contributed by atoms with Gasteiger partial charge in [0.15, 0.2) is 5.67 Å². The molecule has 1 atom stereocenters. The SMILES string of the molecule is O=C(Cn1cccn1)N1CC(F)(c2ccc(C3=CC(c4cc(F)cc(Cl)c4)(C(F)(F)F)ON3)cn2)C1. The maximum Gasteiger partial charge on any atom is 0.428 e. The van der Waals surface area contributed by atoms with E-state index in [0.717, 1.165) is 18.2 Å². The molecule has 3 aromatic rings. The van der Waals surface area contributed by atoms with E-state index in [1.54, 1.807) is 12.3 Å². The highest BCUT2D eigenvalue weighted by molar-refractivity contribution is 6.30. The lowest BCUT2D eigenvalue weighted by atomic mass is 9.90. The number of likely N-dealkylation sites (tertiary alicyclic amines) is 1. The van der Waals surface area contributed by atoms with Crippen molar-refractivity contribution in [3.05, 3.63) is 88.7 Å². The Labute approximate surface area is 206 Å². The molecule has 1 amide bonds. The summed E-state index contributed by atoms with van der Waals surface area (Å²) < 4.78 is 72.7. The summed E-state index contributed by atoms with van der Waals surface area (Å²) in [6.45, 7) is -0.436. The van der Waals surface area contributed by atoms with Gasteiger partial charge in [-0.15, -0.1) is 0 Å². The Morgan fingerprint density at radius 3 is 2.61 bits per heavy atom. The molecule has 0 aliphatic carbocycles. The number of carbonyl (C=O) groups is 1. The molecule has 4 heterocycles. The van der Waals surface area contributed by atoms with Gasteiger partial charge in [0.2, 0.25) is 11.5 Å². The Morgan fingerprint density at radius 1 is 1.22 bits per heavy atom. The number of halogens is 6. The normalized spacial score (nSPS) is 21.1. The van der Waals surface area contributed by atoms with Gasteiger partial charge in [0.25, 0.3) is 0 Å². The van der Waals surface area contributed by atoms with Crippen molar-refractivity contribution in [1.29, 1.82) is 0 Å². The first-order valence-corrected chi connectivity index (χ1v) is 11.0. The van der Waals surface area contributed by atoms with Crippen LogP contribution in [0.15, 0.2) is 61.1 Å². The minimum absolute atomic E-state index is 0.0211. The predicted molar refractivity (Wildman–Crippen MR) is 117 cm³/mol. The average Bonchev–Trinajstić information content (AvgIpc) is 3.47. The van der Waals surface area contributed by atoms with Crippen LogP contribution in [0.3, 0.4) is 0 Å². The van der Waals surface area contributed by atoms with E-state index >= 15 is 4.39 Å². The molecule has 0 bridgehead atoms. The Balaban J connectivity index is 1.34. The van der Waals surface area contributed by atoms with E-state index in [1.165, 1.54) is 34.1 Å². The highest BCUT2D eigenvalue weighted by Gasteiger charge is 2.60. The summed E-state index contributed by atoms with van der Waals surface area (Å²) in [5, 5.41) is 3.71. The number of amides is 1. The van der Waals surface area contributed by atoms with Crippen LogP contribution >= 0.6 is 11.6 Å². The highest BCUT2D eigenvalue weighted by Crippen LogP contribution is 2.48. The fraction of sp³-hybridized carbons (Fsp3) is 0.261. The third-order valence-corrected chi connectivity index (χ3v) is 6.23. The van der Waals surface area contributed by atoms with E-state index in [-0.39, 0.29) is 47.5 Å². The molecular formula is C23H17ClF5N5O2. The molecule has 0 spiro atoms. The summed E-state index contributed by atoms with van der Waals surface area (Å²) in [6, 6.07) is 6.91. The molecule has 2 aromatic heterocycles. The molecule has 5 rings (SSSR count). The van der Waals surface area contributed by atoms with Crippen molar-refractivity contribution in [2.75, 3.05) is 13.1 Å². The lowest BCUT2D eigenvalue weighted by molar-refractivity contribution is -0.269. The number of hydroxylamine groups is 1. The molecule has 1 unspecified atom stereocenters. The van der Waals surface area contributed by atoms with Crippen LogP contribution < -0.4 is 5.48 Å². The molecule has 1 N–H and O–H groups in total. The standard InChI is InChI=1S/C23H17ClF5N5O2/c24-16-6-15(7-17(25)8-16)22(23(27,28)29)9-18(32-36-22)14-2-3-19(30-10-14)21(26)12-33(13-21)20(35)11-34-5-1-4-31-34/h1-10,32H,11-13H2. The summed E-state index contributed by atoms with van der Waals surface area (Å²) in [5.41, 5.74) is -3.10. The summed E-state index contributed by atoms with van der Waals surface area (Å²) in [4.78, 5) is 22.6. The van der Waals surface area contributed by atoms with Crippen LogP contribution in [0.5, 0.6) is 0 Å². The van der Waals surface area contributed by atoms with Crippen LogP contribution in [0.4, 0.5) is 22.0 Å². The van der Waals surface area contributed by atoms with E-state index in [2.05, 4.69) is 15.6 Å². The molecule has 36 heavy (non-hydrogen) atoms. The first-order valence-electron chi connectivity index (χ1n) is 10.6. The summed E-state index contributed by atoms with van der Waals surface area (Å²) in [6.07, 6.45) is 0.122. The van der Waals surface area contributed by atoms with Crippen molar-refractivity contribution in [2.24, 2.45) is 0 Å². The van der Waals surface area contributed by atoms with E-state index in [0.29, 0.717) is 6.07 Å². The van der Waals surface area contributed by atoms with Crippen LogP contribution in [0.25, 0.3) is 5.70 Å². The number of alkyl halides is 4. The molecule has 7 nitrogen and oxygen atoms in total. The number of nitrogens with one attached hydrogen (secondary N) is 1. The van der Waals surface area contributed by atoms with Gasteiger partial charge in [-0.3, -0.25) is 24.8 Å². The number of carbonyl (C=O) groups excluding carboxylic acids is 1. The lowest BCUT2D eigenvalue weighted by Crippen LogP contribution is -2.59. The Morgan fingerprint density at radius 2 is 2.00 bits per heavy atom. The molecular weight excluding hydrogens is 509 g/mol. The maximum atomic E-state index is 15.3. The number of hydrogen-bond acceptors (Lipinski definition) is 5. The molecule has 1 saturated heterocycles. The maximum absolute atomic E-state index is 15.3. The second kappa shape index (κ2) is 8.56. The monoisotopic (exact) mass is 525 g/mol. The molecule has 13 heteroatoms. The van der Waals surface area contributed by atoms with Crippen molar-refractivity contribution in [3.8, 4) is 0 Å². The van der Waals surface area contributed by atoms with Crippen LogP contribution in [0.1, 0.15) is 16.8 Å². The van der Waals surface area contributed by atoms with Gasteiger partial charge >= 0.3 is 6.18 Å². The topological polar surface area (TPSA) is 72.3 Å². The zero-order valence-electron chi connectivity index (χ0n) is 18.3. The van der Waals surface area contributed by atoms with Crippen LogP contribution in [0.2, 0.25) is 5.02 Å². The first-order chi connectivity index (χ1) is 17.0. The van der Waals surface area contributed by atoms with Gasteiger partial charge in [-0.2, -0.15) is 18.3 Å². The van der Waals surface area contributed by atoms with Gasteiger partial charge in [-0.25, -0.2) is 8.78 Å². The van der Waals surface area contributed by atoms with E-state index in [1.807, 2.05) is 0 Å². The van der Waals surface area contributed by atoms with Gasteiger partial charge in [0.1, 0.15) is 12.4 Å². The predicted octanol–water partition coefficient (Wildman–Crippen LogP) is 4.11. The zero-order chi connectivity index (χ0) is 25.7. The number of benzene rings is 1. The van der Waals surface area contributed by atoms with E-state index in [9.17, 15) is 22.4 Å². The van der Waals surface area contributed by atoms with Crippen LogP contribution in [0, 0.1) is 5.82 Å². The van der Waals surface area contributed by atoms with Crippen LogP contribution in [-0.2, 0) is 27.4 Å². The van der Waals surface area contributed by atoms with Gasteiger partial charge < -0.3 is 4.90 Å². The Kier molecular flexibility index (Phi) is 5.75. The third-order valence-electron chi connectivity index (χ3n) is 6.01. The summed E-state index contributed by atoms with van der Waals surface area (Å²) >= 11 is 5.76. The summed E-state index contributed by atoms with van der Waals surface area (Å²) in [7, 11) is 0. The fourth-order valence-electron chi connectivity index (χ4n) is 4.10. The van der Waals surface area contributed by atoms with Crippen molar-refractivity contribution >= 4 is 23.2 Å². The number of rotatable bonds is 5. The number of hydrogen-bond donors (Lipinski definition) is 1. The third kappa shape index (κ3) is 4.20. The average molecular weight is 526 g/mol. The molecule has 0 saturated carbocycles. The number of aromatic nitrogens is 3. The van der Waals surface area contributed by atoms with Crippen molar-refractivity contribution in [2.45, 2.75) is 24.0 Å². The largest absolute Gasteiger partial charge is 0.428 e. The Bertz CT molecular complexity index is 1300. The molecule has 2 aliphatic heterocycles. The molecule has 0 radical (unpaired) electrons. The molecule has 1 aromatic carbocycles. The summed E-state index contributed by atoms with van der Waals surface area (Å²) in [5.74, 6) is -1.26. The lowest BCUT2D eigenvalue weighted by Gasteiger charge is -2.43. The number of pyridine rings is 1. The van der Waals surface area contributed by atoms with Gasteiger partial charge in [-0.1, -0.05) is 11.6 Å². The van der Waals surface area contributed by atoms with Crippen LogP contribution in [-0.4, -0.2) is 44.8 Å². The fourth-order valence-corrected chi connectivity index (χ4v) is 4.32. The molecule has 188 valence electrons. The minimum atomic E-state index is -4.96. The second-order valence-electron chi connectivity index (χ2n) is 8.50. The molecule has 1 fully saturated rings. The quantitative estimate of drug-likeness (QED) is 0.508. The highest BCUT2D eigenvalue weighted by atomic mass is 35.5. The molecule has 2 aliphatic rings. The van der Waals surface area contributed by atoms with Crippen molar-refractivity contribution in [3.63, 3.8) is 0 Å². The van der Waals surface area contributed by atoms with Crippen molar-refractivity contribution in [1.82, 2.24) is 25.1 Å². The zero-order valence-corrected chi connectivity index (χ0v) is 19.0.